The Balaban J connectivity index is 2.35. The van der Waals surface area contributed by atoms with E-state index in [0.717, 1.165) is 6.54 Å². The highest BCUT2D eigenvalue weighted by Crippen LogP contribution is 2.19. The van der Waals surface area contributed by atoms with E-state index in [1.807, 2.05) is 6.92 Å². The maximum absolute atomic E-state index is 12.2. The van der Waals surface area contributed by atoms with E-state index in [2.05, 4.69) is 15.6 Å². The first kappa shape index (κ1) is 14.1. The van der Waals surface area contributed by atoms with Crippen molar-refractivity contribution in [3.8, 4) is 0 Å². The lowest BCUT2D eigenvalue weighted by Gasteiger charge is -2.19. The van der Waals surface area contributed by atoms with Crippen molar-refractivity contribution in [3.63, 3.8) is 0 Å². The fourth-order valence-electron chi connectivity index (χ4n) is 1.90. The molecule has 4 nitrogen and oxygen atoms in total. The molecular weight excluding hydrogens is 233 g/mol. The number of hydrogen-bond donors (Lipinski definition) is 2. The third kappa shape index (κ3) is 5.25. The van der Waals surface area contributed by atoms with Crippen LogP contribution in [0, 0.1) is 0 Å². The van der Waals surface area contributed by atoms with E-state index in [1.54, 1.807) is 7.05 Å². The number of rotatable bonds is 3. The zero-order chi connectivity index (χ0) is 12.9. The Kier molecular flexibility index (Phi) is 5.04. The van der Waals surface area contributed by atoms with Crippen molar-refractivity contribution in [3.05, 3.63) is 0 Å². The highest BCUT2D eigenvalue weighted by molar-refractivity contribution is 5.79. The molecule has 0 aliphatic carbocycles. The lowest BCUT2D eigenvalue weighted by Crippen LogP contribution is -2.45. The molecule has 0 spiro atoms. The van der Waals surface area contributed by atoms with E-state index in [0.29, 0.717) is 25.5 Å². The van der Waals surface area contributed by atoms with E-state index in [9.17, 15) is 13.2 Å². The summed E-state index contributed by atoms with van der Waals surface area (Å²) in [5, 5.41) is 6.13. The van der Waals surface area contributed by atoms with Gasteiger partial charge in [-0.3, -0.25) is 9.89 Å². The molecule has 17 heavy (non-hydrogen) atoms. The number of nitrogens with zero attached hydrogens (tertiary/aromatic N) is 2. The smallest absolute Gasteiger partial charge is 0.357 e. The number of guanidine groups is 1. The molecule has 1 rings (SSSR count). The van der Waals surface area contributed by atoms with Crippen molar-refractivity contribution < 1.29 is 13.2 Å². The summed E-state index contributed by atoms with van der Waals surface area (Å²) in [5.74, 6) is 0.645. The highest BCUT2D eigenvalue weighted by atomic mass is 19.4. The Bertz CT molecular complexity index is 265. The number of hydrogen-bond acceptors (Lipinski definition) is 2. The second-order valence-electron chi connectivity index (χ2n) is 4.08. The second-order valence-corrected chi connectivity index (χ2v) is 4.08. The van der Waals surface area contributed by atoms with Gasteiger partial charge in [0.2, 0.25) is 0 Å². The third-order valence-corrected chi connectivity index (χ3v) is 2.58. The summed E-state index contributed by atoms with van der Waals surface area (Å²) in [7, 11) is 1.65. The van der Waals surface area contributed by atoms with Gasteiger partial charge in [-0.05, 0) is 13.3 Å². The molecule has 0 aromatic rings. The van der Waals surface area contributed by atoms with Crippen LogP contribution in [-0.2, 0) is 0 Å². The van der Waals surface area contributed by atoms with Crippen molar-refractivity contribution in [2.24, 2.45) is 4.99 Å². The van der Waals surface area contributed by atoms with Crippen LogP contribution in [0.25, 0.3) is 0 Å². The average Bonchev–Trinajstić information content (AvgIpc) is 2.62. The van der Waals surface area contributed by atoms with Gasteiger partial charge in [-0.15, -0.1) is 0 Å². The molecule has 1 atom stereocenters. The normalized spacial score (nSPS) is 22.9. The van der Waals surface area contributed by atoms with Gasteiger partial charge in [-0.1, -0.05) is 0 Å². The van der Waals surface area contributed by atoms with Crippen LogP contribution in [0.3, 0.4) is 0 Å². The highest BCUT2D eigenvalue weighted by Gasteiger charge is 2.34. The molecule has 0 aromatic carbocycles. The summed E-state index contributed by atoms with van der Waals surface area (Å²) < 4.78 is 36.6. The number of nitrogens with one attached hydrogen (secondary N) is 2. The SMILES string of the molecule is CCNC(=NC)NC1CCN(CC(F)(F)F)C1. The minimum absolute atomic E-state index is 0.0371. The van der Waals surface area contributed by atoms with Crippen molar-refractivity contribution in [2.75, 3.05) is 33.2 Å². The molecule has 1 aliphatic rings. The van der Waals surface area contributed by atoms with Crippen LogP contribution in [0.15, 0.2) is 4.99 Å². The molecule has 2 N–H and O–H groups in total. The molecular formula is C10H19F3N4. The third-order valence-electron chi connectivity index (χ3n) is 2.58. The fraction of sp³-hybridized carbons (Fsp3) is 0.900. The van der Waals surface area contributed by atoms with Gasteiger partial charge in [0.15, 0.2) is 5.96 Å². The van der Waals surface area contributed by atoms with Gasteiger partial charge in [-0.2, -0.15) is 13.2 Å². The Morgan fingerprint density at radius 2 is 2.18 bits per heavy atom. The summed E-state index contributed by atoms with van der Waals surface area (Å²) >= 11 is 0. The zero-order valence-electron chi connectivity index (χ0n) is 10.1. The van der Waals surface area contributed by atoms with Gasteiger partial charge in [-0.25, -0.2) is 0 Å². The van der Waals surface area contributed by atoms with Gasteiger partial charge < -0.3 is 10.6 Å². The Morgan fingerprint density at radius 3 is 2.71 bits per heavy atom. The Hall–Kier alpha value is -0.980. The molecule has 1 unspecified atom stereocenters. The van der Waals surface area contributed by atoms with Crippen molar-refractivity contribution in [2.45, 2.75) is 25.6 Å². The quantitative estimate of drug-likeness (QED) is 0.577. The molecule has 0 radical (unpaired) electrons. The second kappa shape index (κ2) is 6.09. The molecule has 1 saturated heterocycles. The van der Waals surface area contributed by atoms with Gasteiger partial charge in [0.1, 0.15) is 0 Å². The van der Waals surface area contributed by atoms with E-state index in [1.165, 1.54) is 4.90 Å². The molecule has 0 amide bonds. The topological polar surface area (TPSA) is 39.7 Å². The molecule has 0 aromatic heterocycles. The van der Waals surface area contributed by atoms with Crippen molar-refractivity contribution in [1.29, 1.82) is 0 Å². The molecule has 0 bridgehead atoms. The maximum atomic E-state index is 12.2. The molecule has 7 heteroatoms. The first-order valence-corrected chi connectivity index (χ1v) is 5.71. The van der Waals surface area contributed by atoms with Crippen LogP contribution in [0.2, 0.25) is 0 Å². The first-order valence-electron chi connectivity index (χ1n) is 5.71. The number of halogens is 3. The van der Waals surface area contributed by atoms with E-state index < -0.39 is 12.7 Å². The summed E-state index contributed by atoms with van der Waals surface area (Å²) in [6, 6.07) is 0.0371. The van der Waals surface area contributed by atoms with E-state index >= 15 is 0 Å². The summed E-state index contributed by atoms with van der Waals surface area (Å²) in [6.07, 6.45) is -3.40. The van der Waals surface area contributed by atoms with E-state index in [-0.39, 0.29) is 6.04 Å². The fourth-order valence-corrected chi connectivity index (χ4v) is 1.90. The summed E-state index contributed by atoms with van der Waals surface area (Å²) in [6.45, 7) is 2.73. The van der Waals surface area contributed by atoms with Gasteiger partial charge in [0.25, 0.3) is 0 Å². The van der Waals surface area contributed by atoms with Crippen LogP contribution >= 0.6 is 0 Å². The number of aliphatic imine (C=N–C) groups is 1. The minimum atomic E-state index is -4.11. The monoisotopic (exact) mass is 252 g/mol. The Morgan fingerprint density at radius 1 is 1.47 bits per heavy atom. The minimum Gasteiger partial charge on any atom is -0.357 e. The number of alkyl halides is 3. The average molecular weight is 252 g/mol. The van der Waals surface area contributed by atoms with Crippen molar-refractivity contribution in [1.82, 2.24) is 15.5 Å². The molecule has 1 heterocycles. The van der Waals surface area contributed by atoms with Crippen LogP contribution in [0.1, 0.15) is 13.3 Å². The summed E-state index contributed by atoms with van der Waals surface area (Å²) in [4.78, 5) is 5.41. The van der Waals surface area contributed by atoms with Crippen LogP contribution < -0.4 is 10.6 Å². The molecule has 1 fully saturated rings. The Labute approximate surface area is 99.3 Å². The largest absolute Gasteiger partial charge is 0.401 e. The van der Waals surface area contributed by atoms with Crippen LogP contribution in [0.4, 0.5) is 13.2 Å². The molecule has 0 saturated carbocycles. The predicted octanol–water partition coefficient (Wildman–Crippen LogP) is 0.808. The standard InChI is InChI=1S/C10H19F3N4/c1-3-15-9(14-2)16-8-4-5-17(6-8)7-10(11,12)13/h8H,3-7H2,1-2H3,(H2,14,15,16). The molecule has 100 valence electrons. The maximum Gasteiger partial charge on any atom is 0.401 e. The van der Waals surface area contributed by atoms with Crippen molar-refractivity contribution >= 4 is 5.96 Å². The predicted molar refractivity (Wildman–Crippen MR) is 61.1 cm³/mol. The van der Waals surface area contributed by atoms with Gasteiger partial charge in [0.05, 0.1) is 6.54 Å². The van der Waals surface area contributed by atoms with Crippen LogP contribution in [0.5, 0.6) is 0 Å². The number of likely N-dealkylation sites (tertiary alicyclic amines) is 1. The van der Waals surface area contributed by atoms with Crippen LogP contribution in [-0.4, -0.2) is 56.3 Å². The summed E-state index contributed by atoms with van der Waals surface area (Å²) in [5.41, 5.74) is 0. The van der Waals surface area contributed by atoms with E-state index in [4.69, 9.17) is 0 Å². The molecule has 1 aliphatic heterocycles. The lowest BCUT2D eigenvalue weighted by molar-refractivity contribution is -0.143. The van der Waals surface area contributed by atoms with Gasteiger partial charge >= 0.3 is 6.18 Å². The lowest BCUT2D eigenvalue weighted by atomic mass is 10.3. The zero-order valence-corrected chi connectivity index (χ0v) is 10.1. The van der Waals surface area contributed by atoms with Gasteiger partial charge in [0, 0.05) is 32.7 Å². The first-order chi connectivity index (χ1) is 7.94.